The van der Waals surface area contributed by atoms with Crippen molar-refractivity contribution < 1.29 is 9.90 Å². The van der Waals surface area contributed by atoms with Crippen LogP contribution >= 0.6 is 0 Å². The Morgan fingerprint density at radius 1 is 1.03 bits per heavy atom. The topological polar surface area (TPSA) is 83.3 Å². The van der Waals surface area contributed by atoms with Crippen LogP contribution in [0.2, 0.25) is 0 Å². The number of nitrogens with zero attached hydrogens (tertiary/aromatic N) is 4. The van der Waals surface area contributed by atoms with Gasteiger partial charge < -0.3 is 10.4 Å². The Kier molecular flexibility index (Phi) is 4.93. The molecule has 1 fully saturated rings. The molecule has 2 aromatic carbocycles. The normalized spacial score (nSPS) is 15.4. The van der Waals surface area contributed by atoms with E-state index in [1.54, 1.807) is 11.1 Å². The summed E-state index contributed by atoms with van der Waals surface area (Å²) in [4.78, 5) is 23.4. The number of carboxylic acid groups (broad SMARTS) is 1. The van der Waals surface area contributed by atoms with E-state index < -0.39 is 17.2 Å². The molecule has 3 heterocycles. The van der Waals surface area contributed by atoms with Crippen LogP contribution in [0.4, 0.5) is 16.3 Å². The van der Waals surface area contributed by atoms with Gasteiger partial charge in [0.05, 0.1) is 28.8 Å². The SMILES string of the molecule is CC(C)(C)N(C(=O)O)C1(c2ccc(-c3cnc4n3-c3cccnc3Nc3ccccc3-4)cc2)CCC1. The molecule has 7 nitrogen and oxygen atoms in total. The van der Waals surface area contributed by atoms with Gasteiger partial charge in [-0.15, -0.1) is 0 Å². The molecule has 1 saturated carbocycles. The second kappa shape index (κ2) is 7.95. The fraction of sp³-hybridized carbons (Fsp3) is 0.276. The number of hydrogen-bond donors (Lipinski definition) is 2. The molecule has 182 valence electrons. The highest BCUT2D eigenvalue weighted by molar-refractivity contribution is 5.85. The first-order valence-electron chi connectivity index (χ1n) is 12.3. The molecule has 0 bridgehead atoms. The lowest BCUT2D eigenvalue weighted by Gasteiger charge is -2.54. The van der Waals surface area contributed by atoms with Crippen molar-refractivity contribution >= 4 is 17.6 Å². The molecular formula is C29H29N5O2. The number of rotatable bonds is 3. The third kappa shape index (κ3) is 3.30. The van der Waals surface area contributed by atoms with Crippen molar-refractivity contribution in [3.05, 3.63) is 78.6 Å². The monoisotopic (exact) mass is 479 g/mol. The van der Waals surface area contributed by atoms with E-state index in [9.17, 15) is 9.90 Å². The highest BCUT2D eigenvalue weighted by Gasteiger charge is 2.50. The molecule has 1 aliphatic heterocycles. The molecule has 2 aliphatic rings. The molecule has 2 aromatic heterocycles. The van der Waals surface area contributed by atoms with Crippen LogP contribution in [-0.2, 0) is 5.54 Å². The molecule has 2 N–H and O–H groups in total. The lowest BCUT2D eigenvalue weighted by molar-refractivity contribution is -0.0328. The highest BCUT2D eigenvalue weighted by Crippen LogP contribution is 2.50. The first kappa shape index (κ1) is 22.3. The third-order valence-corrected chi connectivity index (χ3v) is 7.40. The van der Waals surface area contributed by atoms with Crippen LogP contribution < -0.4 is 5.32 Å². The van der Waals surface area contributed by atoms with Crippen molar-refractivity contribution in [1.29, 1.82) is 0 Å². The van der Waals surface area contributed by atoms with E-state index in [0.717, 1.165) is 64.7 Å². The molecule has 0 atom stereocenters. The number of benzene rings is 2. The number of fused-ring (bicyclic) bond motifs is 5. The molecule has 7 heteroatoms. The van der Waals surface area contributed by atoms with Gasteiger partial charge >= 0.3 is 6.09 Å². The maximum absolute atomic E-state index is 12.3. The minimum absolute atomic E-state index is 0.490. The van der Waals surface area contributed by atoms with Crippen LogP contribution in [0.25, 0.3) is 28.3 Å². The van der Waals surface area contributed by atoms with E-state index in [2.05, 4.69) is 45.2 Å². The predicted molar refractivity (Wildman–Crippen MR) is 141 cm³/mol. The summed E-state index contributed by atoms with van der Waals surface area (Å²) >= 11 is 0. The summed E-state index contributed by atoms with van der Waals surface area (Å²) in [7, 11) is 0. The average Bonchev–Trinajstić information content (AvgIpc) is 3.20. The summed E-state index contributed by atoms with van der Waals surface area (Å²) < 4.78 is 2.15. The molecule has 1 amide bonds. The Bertz CT molecular complexity index is 1460. The zero-order chi connectivity index (χ0) is 25.1. The van der Waals surface area contributed by atoms with Gasteiger partial charge in [0.2, 0.25) is 0 Å². The summed E-state index contributed by atoms with van der Waals surface area (Å²) in [6.45, 7) is 5.90. The van der Waals surface area contributed by atoms with Gasteiger partial charge in [-0.25, -0.2) is 14.8 Å². The van der Waals surface area contributed by atoms with E-state index in [0.29, 0.717) is 0 Å². The quantitative estimate of drug-likeness (QED) is 0.297. The molecule has 6 rings (SSSR count). The van der Waals surface area contributed by atoms with Crippen LogP contribution in [0.5, 0.6) is 0 Å². The van der Waals surface area contributed by atoms with E-state index in [-0.39, 0.29) is 0 Å². The van der Waals surface area contributed by atoms with Crippen LogP contribution in [0.1, 0.15) is 45.6 Å². The largest absolute Gasteiger partial charge is 0.465 e. The fourth-order valence-corrected chi connectivity index (χ4v) is 5.79. The Hall–Kier alpha value is -4.13. The number of carbonyl (C=O) groups is 1. The fourth-order valence-electron chi connectivity index (χ4n) is 5.79. The summed E-state index contributed by atoms with van der Waals surface area (Å²) in [5.41, 5.74) is 4.93. The Labute approximate surface area is 210 Å². The van der Waals surface area contributed by atoms with Crippen molar-refractivity contribution in [3.8, 4) is 28.3 Å². The maximum Gasteiger partial charge on any atom is 0.408 e. The van der Waals surface area contributed by atoms with E-state index >= 15 is 0 Å². The number of para-hydroxylation sites is 1. The van der Waals surface area contributed by atoms with E-state index in [1.807, 2.05) is 57.3 Å². The van der Waals surface area contributed by atoms with Gasteiger partial charge in [-0.05, 0) is 69.9 Å². The van der Waals surface area contributed by atoms with Gasteiger partial charge in [0.15, 0.2) is 5.82 Å². The van der Waals surface area contributed by atoms with E-state index in [4.69, 9.17) is 4.98 Å². The van der Waals surface area contributed by atoms with Crippen molar-refractivity contribution in [2.75, 3.05) is 5.32 Å². The van der Waals surface area contributed by atoms with Gasteiger partial charge in [-0.2, -0.15) is 0 Å². The number of imidazole rings is 1. The first-order chi connectivity index (χ1) is 17.3. The lowest BCUT2D eigenvalue weighted by atomic mass is 9.69. The average molecular weight is 480 g/mol. The summed E-state index contributed by atoms with van der Waals surface area (Å²) in [5.74, 6) is 1.62. The molecule has 36 heavy (non-hydrogen) atoms. The van der Waals surface area contributed by atoms with Gasteiger partial charge in [-0.1, -0.05) is 36.4 Å². The number of nitrogens with one attached hydrogen (secondary N) is 1. The smallest absolute Gasteiger partial charge is 0.408 e. The molecule has 0 saturated heterocycles. The maximum atomic E-state index is 12.3. The Morgan fingerprint density at radius 3 is 2.44 bits per heavy atom. The van der Waals surface area contributed by atoms with Crippen LogP contribution in [-0.4, -0.2) is 36.2 Å². The van der Waals surface area contributed by atoms with E-state index in [1.165, 1.54) is 0 Å². The molecule has 4 aromatic rings. The lowest BCUT2D eigenvalue weighted by Crippen LogP contribution is -2.60. The second-order valence-corrected chi connectivity index (χ2v) is 10.6. The predicted octanol–water partition coefficient (Wildman–Crippen LogP) is 6.82. The molecule has 0 spiro atoms. The molecule has 0 unspecified atom stereocenters. The van der Waals surface area contributed by atoms with Gasteiger partial charge in [0.1, 0.15) is 5.82 Å². The summed E-state index contributed by atoms with van der Waals surface area (Å²) in [5, 5.41) is 13.6. The number of hydrogen-bond acceptors (Lipinski definition) is 4. The number of pyridine rings is 1. The zero-order valence-corrected chi connectivity index (χ0v) is 20.7. The van der Waals surface area contributed by atoms with Crippen molar-refractivity contribution in [3.63, 3.8) is 0 Å². The van der Waals surface area contributed by atoms with Crippen LogP contribution in [0.3, 0.4) is 0 Å². The number of aromatic nitrogens is 3. The first-order valence-corrected chi connectivity index (χ1v) is 12.3. The van der Waals surface area contributed by atoms with Gasteiger partial charge in [0, 0.05) is 22.9 Å². The second-order valence-electron chi connectivity index (χ2n) is 10.6. The minimum Gasteiger partial charge on any atom is -0.465 e. The molecule has 0 radical (unpaired) electrons. The van der Waals surface area contributed by atoms with Crippen molar-refractivity contribution in [1.82, 2.24) is 19.4 Å². The van der Waals surface area contributed by atoms with Gasteiger partial charge in [-0.3, -0.25) is 9.47 Å². The Balaban J connectivity index is 1.47. The minimum atomic E-state index is -0.873. The third-order valence-electron chi connectivity index (χ3n) is 7.40. The van der Waals surface area contributed by atoms with Crippen molar-refractivity contribution in [2.24, 2.45) is 0 Å². The summed E-state index contributed by atoms with van der Waals surface area (Å²) in [6, 6.07) is 20.4. The number of amides is 1. The zero-order valence-electron chi connectivity index (χ0n) is 20.7. The van der Waals surface area contributed by atoms with Gasteiger partial charge in [0.25, 0.3) is 0 Å². The summed E-state index contributed by atoms with van der Waals surface area (Å²) in [6.07, 6.45) is 5.50. The molecular weight excluding hydrogens is 450 g/mol. The van der Waals surface area contributed by atoms with Crippen molar-refractivity contribution in [2.45, 2.75) is 51.1 Å². The number of anilines is 2. The Morgan fingerprint density at radius 2 is 1.78 bits per heavy atom. The molecule has 1 aliphatic carbocycles. The van der Waals surface area contributed by atoms with Crippen LogP contribution in [0.15, 0.2) is 73.1 Å². The highest BCUT2D eigenvalue weighted by atomic mass is 16.4. The standard InChI is InChI=1S/C29H29N5O2/c1-28(2,3)34(27(35)36)29(15-7-16-29)20-13-11-19(12-14-20)24-18-31-26-21-8-4-5-9-22(21)32-25-23(33(24)26)10-6-17-30-25/h4-6,8-14,17-18H,7,15-16H2,1-3H3,(H,30,32)(H,35,36). The van der Waals surface area contributed by atoms with Crippen LogP contribution in [0, 0.1) is 0 Å².